The van der Waals surface area contributed by atoms with Crippen molar-refractivity contribution in [3.8, 4) is 0 Å². The number of morpholine rings is 1. The smallest absolute Gasteiger partial charge is 0.378 e. The second-order valence-electron chi connectivity index (χ2n) is 7.85. The summed E-state index contributed by atoms with van der Waals surface area (Å²) in [4.78, 5) is 25.3. The first kappa shape index (κ1) is 22.3. The molecule has 0 saturated carbocycles. The van der Waals surface area contributed by atoms with Crippen LogP contribution in [-0.4, -0.2) is 52.1 Å². The van der Waals surface area contributed by atoms with E-state index in [4.69, 9.17) is 10.5 Å². The SMILES string of the molecule is C[C@@H](Nc1nc(CN)nc2c1CN(C(=O)N1CCOCC1)C2)c1cccc(C(F)(F)F)c1. The lowest BCUT2D eigenvalue weighted by Gasteiger charge is -2.30. The minimum absolute atomic E-state index is 0.0996. The summed E-state index contributed by atoms with van der Waals surface area (Å²) in [5, 5.41) is 3.21. The lowest BCUT2D eigenvalue weighted by molar-refractivity contribution is -0.137. The predicted molar refractivity (Wildman–Crippen MR) is 110 cm³/mol. The summed E-state index contributed by atoms with van der Waals surface area (Å²) in [6.07, 6.45) is -4.42. The molecule has 1 aromatic carbocycles. The average molecular weight is 450 g/mol. The van der Waals surface area contributed by atoms with Crippen molar-refractivity contribution < 1.29 is 22.7 Å². The van der Waals surface area contributed by atoms with E-state index in [1.54, 1.807) is 22.8 Å². The third kappa shape index (κ3) is 4.63. The van der Waals surface area contributed by atoms with Gasteiger partial charge in [0.05, 0.1) is 44.1 Å². The van der Waals surface area contributed by atoms with E-state index in [9.17, 15) is 18.0 Å². The maximum atomic E-state index is 13.1. The normalized spacial score (nSPS) is 17.3. The molecule has 0 radical (unpaired) electrons. The van der Waals surface area contributed by atoms with Gasteiger partial charge in [0.15, 0.2) is 0 Å². The van der Waals surface area contributed by atoms with Crippen LogP contribution in [0.2, 0.25) is 0 Å². The molecular formula is C21H25F3N6O2. The highest BCUT2D eigenvalue weighted by Gasteiger charge is 2.33. The van der Waals surface area contributed by atoms with Crippen LogP contribution in [0.4, 0.5) is 23.8 Å². The molecule has 0 spiro atoms. The molecule has 4 rings (SSSR count). The van der Waals surface area contributed by atoms with Gasteiger partial charge in [-0.2, -0.15) is 13.2 Å². The molecule has 1 saturated heterocycles. The van der Waals surface area contributed by atoms with E-state index in [0.717, 1.165) is 17.7 Å². The van der Waals surface area contributed by atoms with E-state index in [0.29, 0.717) is 62.3 Å². The van der Waals surface area contributed by atoms with Crippen LogP contribution in [0.15, 0.2) is 24.3 Å². The highest BCUT2D eigenvalue weighted by molar-refractivity contribution is 5.76. The molecule has 0 bridgehead atoms. The van der Waals surface area contributed by atoms with Gasteiger partial charge in [0.1, 0.15) is 11.6 Å². The van der Waals surface area contributed by atoms with Gasteiger partial charge in [0.2, 0.25) is 0 Å². The number of nitrogens with one attached hydrogen (secondary N) is 1. The Labute approximate surface area is 183 Å². The molecule has 11 heteroatoms. The molecule has 1 fully saturated rings. The summed E-state index contributed by atoms with van der Waals surface area (Å²) in [6.45, 7) is 4.58. The van der Waals surface area contributed by atoms with Gasteiger partial charge in [-0.25, -0.2) is 14.8 Å². The lowest BCUT2D eigenvalue weighted by Crippen LogP contribution is -2.46. The Bertz CT molecular complexity index is 994. The molecule has 172 valence electrons. The number of anilines is 1. The third-order valence-corrected chi connectivity index (χ3v) is 5.63. The summed E-state index contributed by atoms with van der Waals surface area (Å²) < 4.78 is 44.6. The van der Waals surface area contributed by atoms with E-state index in [2.05, 4.69) is 15.3 Å². The minimum atomic E-state index is -4.42. The fourth-order valence-corrected chi connectivity index (χ4v) is 3.88. The second-order valence-corrected chi connectivity index (χ2v) is 7.85. The molecule has 0 unspecified atom stereocenters. The molecule has 2 aliphatic rings. The first-order valence-electron chi connectivity index (χ1n) is 10.4. The number of ether oxygens (including phenoxy) is 1. The molecule has 3 heterocycles. The molecule has 2 aromatic rings. The number of carbonyl (C=O) groups excluding carboxylic acids is 1. The number of carbonyl (C=O) groups is 1. The number of amides is 2. The van der Waals surface area contributed by atoms with E-state index in [-0.39, 0.29) is 12.6 Å². The predicted octanol–water partition coefficient (Wildman–Crippen LogP) is 2.90. The molecular weight excluding hydrogens is 425 g/mol. The Hall–Kier alpha value is -2.92. The van der Waals surface area contributed by atoms with Gasteiger partial charge >= 0.3 is 12.2 Å². The summed E-state index contributed by atoms with van der Waals surface area (Å²) in [5.74, 6) is 0.890. The molecule has 3 N–H and O–H groups in total. The lowest BCUT2D eigenvalue weighted by atomic mass is 10.0. The topological polar surface area (TPSA) is 96.6 Å². The Morgan fingerprint density at radius 2 is 1.97 bits per heavy atom. The van der Waals surface area contributed by atoms with Crippen LogP contribution in [0.5, 0.6) is 0 Å². The second kappa shape index (κ2) is 8.91. The van der Waals surface area contributed by atoms with Crippen molar-refractivity contribution in [3.63, 3.8) is 0 Å². The van der Waals surface area contributed by atoms with Gasteiger partial charge in [0.25, 0.3) is 0 Å². The highest BCUT2D eigenvalue weighted by atomic mass is 19.4. The van der Waals surface area contributed by atoms with Gasteiger partial charge < -0.3 is 25.6 Å². The van der Waals surface area contributed by atoms with E-state index in [1.165, 1.54) is 6.07 Å². The van der Waals surface area contributed by atoms with Gasteiger partial charge in [-0.1, -0.05) is 12.1 Å². The summed E-state index contributed by atoms with van der Waals surface area (Å²) in [5.41, 5.74) is 6.97. The van der Waals surface area contributed by atoms with Gasteiger partial charge in [-0.05, 0) is 24.6 Å². The van der Waals surface area contributed by atoms with Crippen molar-refractivity contribution in [2.24, 2.45) is 5.73 Å². The molecule has 1 aromatic heterocycles. The number of nitrogens with two attached hydrogens (primary N) is 1. The first-order chi connectivity index (χ1) is 15.3. The zero-order chi connectivity index (χ0) is 22.9. The molecule has 2 amide bonds. The molecule has 32 heavy (non-hydrogen) atoms. The standard InChI is InChI=1S/C21H25F3N6O2/c1-13(14-3-2-4-15(9-14)21(22,23)24)26-19-16-11-30(12-17(16)27-18(10-25)28-19)20(31)29-5-7-32-8-6-29/h2-4,9,13H,5-8,10-12,25H2,1H3,(H,26,27,28)/t13-/m1/s1. The number of fused-ring (bicyclic) bond motifs is 1. The molecule has 2 aliphatic heterocycles. The van der Waals surface area contributed by atoms with E-state index in [1.807, 2.05) is 0 Å². The van der Waals surface area contributed by atoms with Crippen molar-refractivity contribution in [2.75, 3.05) is 31.6 Å². The Balaban J connectivity index is 1.56. The van der Waals surface area contributed by atoms with Crippen LogP contribution in [0, 0.1) is 0 Å². The van der Waals surface area contributed by atoms with Crippen molar-refractivity contribution in [1.82, 2.24) is 19.8 Å². The number of rotatable bonds is 4. The number of urea groups is 1. The maximum Gasteiger partial charge on any atom is 0.416 e. The Morgan fingerprint density at radius 1 is 1.22 bits per heavy atom. The van der Waals surface area contributed by atoms with Crippen molar-refractivity contribution in [2.45, 2.75) is 38.8 Å². The summed E-state index contributed by atoms with van der Waals surface area (Å²) in [6, 6.07) is 4.63. The van der Waals surface area contributed by atoms with Crippen molar-refractivity contribution >= 4 is 11.8 Å². The van der Waals surface area contributed by atoms with Crippen LogP contribution in [0.1, 0.15) is 41.2 Å². The molecule has 8 nitrogen and oxygen atoms in total. The highest BCUT2D eigenvalue weighted by Crippen LogP contribution is 2.33. The van der Waals surface area contributed by atoms with Crippen LogP contribution >= 0.6 is 0 Å². The molecule has 1 atom stereocenters. The number of alkyl halides is 3. The van der Waals surface area contributed by atoms with E-state index < -0.39 is 17.8 Å². The summed E-state index contributed by atoms with van der Waals surface area (Å²) >= 11 is 0. The van der Waals surface area contributed by atoms with Crippen LogP contribution in [-0.2, 0) is 30.5 Å². The van der Waals surface area contributed by atoms with Crippen LogP contribution < -0.4 is 11.1 Å². The number of benzene rings is 1. The number of aromatic nitrogens is 2. The summed E-state index contributed by atoms with van der Waals surface area (Å²) in [7, 11) is 0. The largest absolute Gasteiger partial charge is 0.416 e. The molecule has 0 aliphatic carbocycles. The zero-order valence-corrected chi connectivity index (χ0v) is 17.7. The number of nitrogens with zero attached hydrogens (tertiary/aromatic N) is 4. The van der Waals surface area contributed by atoms with Crippen LogP contribution in [0.3, 0.4) is 0 Å². The van der Waals surface area contributed by atoms with Crippen molar-refractivity contribution in [3.05, 3.63) is 52.5 Å². The fraction of sp³-hybridized carbons (Fsp3) is 0.476. The Morgan fingerprint density at radius 3 is 2.66 bits per heavy atom. The number of halogens is 3. The Kier molecular flexibility index (Phi) is 6.20. The zero-order valence-electron chi connectivity index (χ0n) is 17.7. The van der Waals surface area contributed by atoms with E-state index >= 15 is 0 Å². The van der Waals surface area contributed by atoms with Gasteiger partial charge in [-0.15, -0.1) is 0 Å². The van der Waals surface area contributed by atoms with Crippen molar-refractivity contribution in [1.29, 1.82) is 0 Å². The van der Waals surface area contributed by atoms with Crippen LogP contribution in [0.25, 0.3) is 0 Å². The average Bonchev–Trinajstić information content (AvgIpc) is 3.23. The van der Waals surface area contributed by atoms with Gasteiger partial charge in [-0.3, -0.25) is 0 Å². The quantitative estimate of drug-likeness (QED) is 0.744. The maximum absolute atomic E-state index is 13.1. The fourth-order valence-electron chi connectivity index (χ4n) is 3.88. The van der Waals surface area contributed by atoms with Gasteiger partial charge in [0, 0.05) is 24.7 Å². The minimum Gasteiger partial charge on any atom is -0.378 e. The monoisotopic (exact) mass is 450 g/mol. The number of hydrogen-bond donors (Lipinski definition) is 2. The first-order valence-corrected chi connectivity index (χ1v) is 10.4. The third-order valence-electron chi connectivity index (χ3n) is 5.63. The number of hydrogen-bond acceptors (Lipinski definition) is 6.